The first-order valence-corrected chi connectivity index (χ1v) is 11.1. The van der Waals surface area contributed by atoms with Crippen LogP contribution in [0.2, 0.25) is 0 Å². The van der Waals surface area contributed by atoms with E-state index in [0.29, 0.717) is 12.4 Å². The molecule has 1 aromatic carbocycles. The molecule has 2 heterocycles. The number of sulfonamides is 1. The third-order valence-corrected chi connectivity index (χ3v) is 6.98. The van der Waals surface area contributed by atoms with Gasteiger partial charge in [0.25, 0.3) is 0 Å². The number of carbonyl (C=O) groups excluding carboxylic acids is 3. The topological polar surface area (TPSA) is 104 Å². The zero-order chi connectivity index (χ0) is 21.0. The van der Waals surface area contributed by atoms with Crippen LogP contribution in [0.3, 0.4) is 0 Å². The van der Waals surface area contributed by atoms with Gasteiger partial charge in [0, 0.05) is 52.0 Å². The number of rotatable bonds is 7. The molecule has 0 bridgehead atoms. The normalized spacial score (nSPS) is 18.4. The molecule has 0 aromatic heterocycles. The van der Waals surface area contributed by atoms with Crippen molar-refractivity contribution in [2.45, 2.75) is 31.1 Å². The molecule has 2 aliphatic rings. The molecule has 0 atom stereocenters. The van der Waals surface area contributed by atoms with Crippen LogP contribution in [0.1, 0.15) is 26.2 Å². The molecule has 0 spiro atoms. The Morgan fingerprint density at radius 3 is 2.14 bits per heavy atom. The van der Waals surface area contributed by atoms with Gasteiger partial charge in [-0.15, -0.1) is 0 Å². The monoisotopic (exact) mass is 423 g/mol. The fourth-order valence-electron chi connectivity index (χ4n) is 3.44. The van der Waals surface area contributed by atoms with Crippen molar-refractivity contribution in [1.29, 1.82) is 0 Å². The molecule has 29 heavy (non-hydrogen) atoms. The van der Waals surface area contributed by atoms with Crippen molar-refractivity contribution in [2.75, 3.05) is 39.3 Å². The highest BCUT2D eigenvalue weighted by Gasteiger charge is 2.32. The van der Waals surface area contributed by atoms with E-state index in [-0.39, 0.29) is 74.6 Å². The maximum Gasteiger partial charge on any atom is 0.243 e. The van der Waals surface area contributed by atoms with Crippen LogP contribution in [-0.4, -0.2) is 79.6 Å². The standard InChI is InChI=1S/C19H25N3O6S/c1-2-28-15-3-5-16(6-4-15)29(26,27)21-13-11-20(12-14-21)17(23)9-10-22-18(24)7-8-19(22)25/h3-6H,2,7-14H2,1H3. The van der Waals surface area contributed by atoms with Crippen molar-refractivity contribution in [2.24, 2.45) is 0 Å². The van der Waals surface area contributed by atoms with E-state index < -0.39 is 10.0 Å². The minimum Gasteiger partial charge on any atom is -0.494 e. The summed E-state index contributed by atoms with van der Waals surface area (Å²) in [6, 6.07) is 6.28. The smallest absolute Gasteiger partial charge is 0.243 e. The van der Waals surface area contributed by atoms with Crippen molar-refractivity contribution in [3.8, 4) is 5.75 Å². The molecule has 3 amide bonds. The Morgan fingerprint density at radius 1 is 1.00 bits per heavy atom. The second-order valence-electron chi connectivity index (χ2n) is 6.88. The van der Waals surface area contributed by atoms with Gasteiger partial charge in [0.15, 0.2) is 0 Å². The summed E-state index contributed by atoms with van der Waals surface area (Å²) >= 11 is 0. The summed E-state index contributed by atoms with van der Waals surface area (Å²) in [5.74, 6) is -0.0596. The molecule has 0 unspecified atom stereocenters. The van der Waals surface area contributed by atoms with Crippen LogP contribution >= 0.6 is 0 Å². The van der Waals surface area contributed by atoms with E-state index in [1.165, 1.54) is 16.4 Å². The molecule has 2 aliphatic heterocycles. The van der Waals surface area contributed by atoms with Gasteiger partial charge in [0.2, 0.25) is 27.7 Å². The average Bonchev–Trinajstić information content (AvgIpc) is 3.04. The van der Waals surface area contributed by atoms with Crippen molar-refractivity contribution in [3.05, 3.63) is 24.3 Å². The van der Waals surface area contributed by atoms with Gasteiger partial charge < -0.3 is 9.64 Å². The Hall–Kier alpha value is -2.46. The summed E-state index contributed by atoms with van der Waals surface area (Å²) in [5, 5.41) is 0. The van der Waals surface area contributed by atoms with Gasteiger partial charge in [0.05, 0.1) is 11.5 Å². The number of likely N-dealkylation sites (tertiary alicyclic amines) is 1. The molecule has 3 rings (SSSR count). The zero-order valence-corrected chi connectivity index (χ0v) is 17.2. The Kier molecular flexibility index (Phi) is 6.53. The van der Waals surface area contributed by atoms with Crippen molar-refractivity contribution < 1.29 is 27.5 Å². The lowest BCUT2D eigenvalue weighted by Gasteiger charge is -2.34. The highest BCUT2D eigenvalue weighted by Crippen LogP contribution is 2.21. The average molecular weight is 423 g/mol. The quantitative estimate of drug-likeness (QED) is 0.590. The summed E-state index contributed by atoms with van der Waals surface area (Å²) in [7, 11) is -3.64. The predicted octanol–water partition coefficient (Wildman–Crippen LogP) is 0.457. The zero-order valence-electron chi connectivity index (χ0n) is 16.4. The Morgan fingerprint density at radius 2 is 1.59 bits per heavy atom. The molecule has 10 heteroatoms. The van der Waals surface area contributed by atoms with Gasteiger partial charge in [-0.2, -0.15) is 4.31 Å². The Balaban J connectivity index is 1.53. The fourth-order valence-corrected chi connectivity index (χ4v) is 4.86. The molecule has 2 fully saturated rings. The minimum absolute atomic E-state index is 0.0587. The molecular weight excluding hydrogens is 398 g/mol. The highest BCUT2D eigenvalue weighted by molar-refractivity contribution is 7.89. The number of hydrogen-bond donors (Lipinski definition) is 0. The molecule has 0 N–H and O–H groups in total. The first-order chi connectivity index (χ1) is 13.8. The number of piperazine rings is 1. The van der Waals surface area contributed by atoms with Crippen LogP contribution in [0, 0.1) is 0 Å². The van der Waals surface area contributed by atoms with Crippen LogP contribution in [-0.2, 0) is 24.4 Å². The number of amides is 3. The first-order valence-electron chi connectivity index (χ1n) is 9.67. The number of benzene rings is 1. The summed E-state index contributed by atoms with van der Waals surface area (Å²) in [6.45, 7) is 3.38. The van der Waals surface area contributed by atoms with Gasteiger partial charge in [-0.3, -0.25) is 19.3 Å². The van der Waals surface area contributed by atoms with Gasteiger partial charge in [-0.1, -0.05) is 0 Å². The number of nitrogens with zero attached hydrogens (tertiary/aromatic N) is 3. The maximum atomic E-state index is 12.8. The van der Waals surface area contributed by atoms with Crippen LogP contribution in [0.25, 0.3) is 0 Å². The van der Waals surface area contributed by atoms with E-state index >= 15 is 0 Å². The number of carbonyl (C=O) groups is 3. The largest absolute Gasteiger partial charge is 0.494 e. The number of ether oxygens (including phenoxy) is 1. The van der Waals surface area contributed by atoms with E-state index in [2.05, 4.69) is 0 Å². The third kappa shape index (κ3) is 4.76. The van der Waals surface area contributed by atoms with Crippen LogP contribution in [0.4, 0.5) is 0 Å². The van der Waals surface area contributed by atoms with Crippen LogP contribution in [0.5, 0.6) is 5.75 Å². The molecular formula is C19H25N3O6S. The third-order valence-electron chi connectivity index (χ3n) is 5.07. The van der Waals surface area contributed by atoms with E-state index in [0.717, 1.165) is 4.90 Å². The molecule has 158 valence electrons. The number of hydrogen-bond acceptors (Lipinski definition) is 6. The molecule has 9 nitrogen and oxygen atoms in total. The van der Waals surface area contributed by atoms with E-state index in [9.17, 15) is 22.8 Å². The molecule has 0 aliphatic carbocycles. The van der Waals surface area contributed by atoms with Crippen LogP contribution < -0.4 is 4.74 Å². The van der Waals surface area contributed by atoms with Crippen molar-refractivity contribution in [1.82, 2.24) is 14.1 Å². The van der Waals surface area contributed by atoms with Crippen LogP contribution in [0.15, 0.2) is 29.2 Å². The summed E-state index contributed by atoms with van der Waals surface area (Å²) < 4.78 is 32.3. The Labute approximate surface area is 170 Å². The maximum absolute atomic E-state index is 12.8. The summed E-state index contributed by atoms with van der Waals surface area (Å²) in [4.78, 5) is 38.5. The minimum atomic E-state index is -3.64. The lowest BCUT2D eigenvalue weighted by atomic mass is 10.3. The van der Waals surface area contributed by atoms with Gasteiger partial charge in [-0.25, -0.2) is 8.42 Å². The van der Waals surface area contributed by atoms with Gasteiger partial charge >= 0.3 is 0 Å². The Bertz CT molecular complexity index is 860. The summed E-state index contributed by atoms with van der Waals surface area (Å²) in [5.41, 5.74) is 0. The van der Waals surface area contributed by atoms with Crippen molar-refractivity contribution >= 4 is 27.7 Å². The second-order valence-corrected chi connectivity index (χ2v) is 8.82. The van der Waals surface area contributed by atoms with Crippen molar-refractivity contribution in [3.63, 3.8) is 0 Å². The highest BCUT2D eigenvalue weighted by atomic mass is 32.2. The molecule has 0 radical (unpaired) electrons. The van der Waals surface area contributed by atoms with Gasteiger partial charge in [-0.05, 0) is 31.2 Å². The first kappa shape index (κ1) is 21.3. The molecule has 2 saturated heterocycles. The van der Waals surface area contributed by atoms with E-state index in [4.69, 9.17) is 4.74 Å². The SMILES string of the molecule is CCOc1ccc(S(=O)(=O)N2CCN(C(=O)CCN3C(=O)CCC3=O)CC2)cc1. The lowest BCUT2D eigenvalue weighted by Crippen LogP contribution is -2.51. The van der Waals surface area contributed by atoms with E-state index in [1.54, 1.807) is 17.0 Å². The lowest BCUT2D eigenvalue weighted by molar-refractivity contribution is -0.139. The van der Waals surface area contributed by atoms with Gasteiger partial charge in [0.1, 0.15) is 5.75 Å². The summed E-state index contributed by atoms with van der Waals surface area (Å²) in [6.07, 6.45) is 0.466. The molecule has 1 aromatic rings. The predicted molar refractivity (Wildman–Crippen MR) is 104 cm³/mol. The second kappa shape index (κ2) is 8.91. The fraction of sp³-hybridized carbons (Fsp3) is 0.526. The number of imide groups is 1. The molecule has 0 saturated carbocycles. The van der Waals surface area contributed by atoms with E-state index in [1.807, 2.05) is 6.92 Å².